The molecule has 0 bridgehead atoms. The standard InChI is InChI=1S/C11H24BrNO3S/c1-9(2)7-11(8-12)13-17(14,15)6-5-16-10(3)4/h9-11,13H,5-8H2,1-4H3. The molecule has 0 amide bonds. The Morgan fingerprint density at radius 2 is 1.82 bits per heavy atom. The van der Waals surface area contributed by atoms with E-state index < -0.39 is 10.0 Å². The van der Waals surface area contributed by atoms with Crippen LogP contribution in [0.2, 0.25) is 0 Å². The van der Waals surface area contributed by atoms with Crippen molar-refractivity contribution in [2.45, 2.75) is 46.3 Å². The van der Waals surface area contributed by atoms with E-state index in [1.54, 1.807) is 0 Å². The average Bonchev–Trinajstić information content (AvgIpc) is 2.14. The molecule has 0 radical (unpaired) electrons. The molecule has 0 aromatic heterocycles. The second-order valence-corrected chi connectivity index (χ2v) is 7.36. The predicted octanol–water partition coefficient (Wildman–Crippen LogP) is 2.14. The van der Waals surface area contributed by atoms with Gasteiger partial charge in [0.05, 0.1) is 18.5 Å². The second kappa shape index (κ2) is 8.45. The summed E-state index contributed by atoms with van der Waals surface area (Å²) in [5.41, 5.74) is 0. The zero-order valence-electron chi connectivity index (χ0n) is 11.1. The van der Waals surface area contributed by atoms with Gasteiger partial charge in [-0.3, -0.25) is 0 Å². The second-order valence-electron chi connectivity index (χ2n) is 4.84. The van der Waals surface area contributed by atoms with Gasteiger partial charge in [0.25, 0.3) is 0 Å². The summed E-state index contributed by atoms with van der Waals surface area (Å²) in [6.07, 6.45) is 0.892. The van der Waals surface area contributed by atoms with Crippen molar-refractivity contribution in [3.05, 3.63) is 0 Å². The summed E-state index contributed by atoms with van der Waals surface area (Å²) in [6.45, 7) is 8.17. The van der Waals surface area contributed by atoms with Crippen molar-refractivity contribution in [2.24, 2.45) is 5.92 Å². The molecule has 0 saturated heterocycles. The van der Waals surface area contributed by atoms with E-state index >= 15 is 0 Å². The van der Waals surface area contributed by atoms with Crippen LogP contribution in [-0.4, -0.2) is 38.3 Å². The highest BCUT2D eigenvalue weighted by atomic mass is 79.9. The van der Waals surface area contributed by atoms with Gasteiger partial charge in [0.1, 0.15) is 0 Å². The molecule has 0 aliphatic rings. The molecule has 17 heavy (non-hydrogen) atoms. The van der Waals surface area contributed by atoms with Gasteiger partial charge in [-0.2, -0.15) is 0 Å². The quantitative estimate of drug-likeness (QED) is 0.659. The zero-order valence-corrected chi connectivity index (χ0v) is 13.5. The van der Waals surface area contributed by atoms with Crippen molar-refractivity contribution in [1.29, 1.82) is 0 Å². The van der Waals surface area contributed by atoms with Crippen LogP contribution in [0.4, 0.5) is 0 Å². The Morgan fingerprint density at radius 1 is 1.24 bits per heavy atom. The lowest BCUT2D eigenvalue weighted by molar-refractivity contribution is 0.0911. The number of halogens is 1. The molecule has 1 atom stereocenters. The first-order valence-corrected chi connectivity index (χ1v) is 8.71. The molecule has 0 aliphatic heterocycles. The van der Waals surface area contributed by atoms with Gasteiger partial charge in [-0.25, -0.2) is 13.1 Å². The zero-order chi connectivity index (χ0) is 13.5. The molecule has 6 heteroatoms. The monoisotopic (exact) mass is 329 g/mol. The van der Waals surface area contributed by atoms with Crippen molar-refractivity contribution >= 4 is 26.0 Å². The molecule has 0 aliphatic carbocycles. The smallest absolute Gasteiger partial charge is 0.214 e. The topological polar surface area (TPSA) is 55.4 Å². The number of alkyl halides is 1. The Kier molecular flexibility index (Phi) is 8.63. The average molecular weight is 330 g/mol. The third kappa shape index (κ3) is 10.00. The van der Waals surface area contributed by atoms with Crippen molar-refractivity contribution in [3.63, 3.8) is 0 Å². The highest BCUT2D eigenvalue weighted by Crippen LogP contribution is 2.08. The largest absolute Gasteiger partial charge is 0.378 e. The molecular formula is C11H24BrNO3S. The van der Waals surface area contributed by atoms with E-state index in [1.165, 1.54) is 0 Å². The van der Waals surface area contributed by atoms with Crippen molar-refractivity contribution in [2.75, 3.05) is 17.7 Å². The van der Waals surface area contributed by atoms with Gasteiger partial charge in [-0.1, -0.05) is 29.8 Å². The lowest BCUT2D eigenvalue weighted by atomic mass is 10.1. The number of ether oxygens (including phenoxy) is 1. The first kappa shape index (κ1) is 17.4. The SMILES string of the molecule is CC(C)CC(CBr)NS(=O)(=O)CCOC(C)C. The van der Waals surface area contributed by atoms with E-state index in [0.717, 1.165) is 6.42 Å². The molecule has 0 fully saturated rings. The fraction of sp³-hybridized carbons (Fsp3) is 1.00. The fourth-order valence-electron chi connectivity index (χ4n) is 1.42. The maximum atomic E-state index is 11.8. The number of hydrogen-bond donors (Lipinski definition) is 1. The van der Waals surface area contributed by atoms with Crippen LogP contribution in [0.3, 0.4) is 0 Å². The van der Waals surface area contributed by atoms with Crippen molar-refractivity contribution in [1.82, 2.24) is 4.72 Å². The molecule has 4 nitrogen and oxygen atoms in total. The molecule has 104 valence electrons. The Hall–Kier alpha value is 0.350. The van der Waals surface area contributed by atoms with Gasteiger partial charge >= 0.3 is 0 Å². The summed E-state index contributed by atoms with van der Waals surface area (Å²) < 4.78 is 31.4. The molecule has 0 aromatic rings. The molecule has 0 saturated carbocycles. The Morgan fingerprint density at radius 3 is 2.24 bits per heavy atom. The maximum Gasteiger partial charge on any atom is 0.214 e. The summed E-state index contributed by atoms with van der Waals surface area (Å²) in [7, 11) is -3.24. The minimum Gasteiger partial charge on any atom is -0.378 e. The summed E-state index contributed by atoms with van der Waals surface area (Å²) in [5.74, 6) is 0.486. The van der Waals surface area contributed by atoms with E-state index in [4.69, 9.17) is 4.74 Å². The molecular weight excluding hydrogens is 306 g/mol. The summed E-state index contributed by atoms with van der Waals surface area (Å²) in [5, 5.41) is 0.634. The maximum absolute atomic E-state index is 11.8. The minimum absolute atomic E-state index is 0.0206. The van der Waals surface area contributed by atoms with E-state index in [0.29, 0.717) is 11.2 Å². The Balaban J connectivity index is 4.13. The summed E-state index contributed by atoms with van der Waals surface area (Å²) in [6, 6.07) is -0.0425. The number of sulfonamides is 1. The van der Waals surface area contributed by atoms with Crippen molar-refractivity contribution < 1.29 is 13.2 Å². The van der Waals surface area contributed by atoms with Crippen LogP contribution in [0.25, 0.3) is 0 Å². The van der Waals surface area contributed by atoms with Gasteiger partial charge in [-0.15, -0.1) is 0 Å². The predicted molar refractivity (Wildman–Crippen MR) is 75.0 cm³/mol. The van der Waals surface area contributed by atoms with Gasteiger partial charge in [0, 0.05) is 11.4 Å². The third-order valence-electron chi connectivity index (χ3n) is 2.09. The first-order chi connectivity index (χ1) is 7.76. The third-order valence-corrected chi connectivity index (χ3v) is 4.27. The highest BCUT2D eigenvalue weighted by molar-refractivity contribution is 9.09. The van der Waals surface area contributed by atoms with Gasteiger partial charge < -0.3 is 4.74 Å². The Bertz CT molecular complexity index is 291. The molecule has 1 unspecified atom stereocenters. The summed E-state index contributed by atoms with van der Waals surface area (Å²) >= 11 is 3.33. The van der Waals surface area contributed by atoms with Crippen LogP contribution < -0.4 is 4.72 Å². The van der Waals surface area contributed by atoms with Gasteiger partial charge in [-0.05, 0) is 26.2 Å². The molecule has 0 heterocycles. The van der Waals surface area contributed by atoms with Crippen LogP contribution in [0.5, 0.6) is 0 Å². The number of nitrogens with one attached hydrogen (secondary N) is 1. The molecule has 1 N–H and O–H groups in total. The van der Waals surface area contributed by atoms with E-state index in [-0.39, 0.29) is 24.5 Å². The summed E-state index contributed by atoms with van der Waals surface area (Å²) in [4.78, 5) is 0. The first-order valence-electron chi connectivity index (χ1n) is 5.94. The minimum atomic E-state index is -3.24. The highest BCUT2D eigenvalue weighted by Gasteiger charge is 2.18. The van der Waals surface area contributed by atoms with Gasteiger partial charge in [0.15, 0.2) is 0 Å². The van der Waals surface area contributed by atoms with Crippen LogP contribution in [0.15, 0.2) is 0 Å². The normalized spacial score (nSPS) is 14.5. The van der Waals surface area contributed by atoms with E-state index in [9.17, 15) is 8.42 Å². The van der Waals surface area contributed by atoms with Crippen LogP contribution in [0, 0.1) is 5.92 Å². The van der Waals surface area contributed by atoms with E-state index in [1.807, 2.05) is 13.8 Å². The number of rotatable bonds is 9. The lowest BCUT2D eigenvalue weighted by Gasteiger charge is -2.18. The van der Waals surface area contributed by atoms with Crippen molar-refractivity contribution in [3.8, 4) is 0 Å². The lowest BCUT2D eigenvalue weighted by Crippen LogP contribution is -2.39. The molecule has 0 rings (SSSR count). The molecule has 0 aromatic carbocycles. The van der Waals surface area contributed by atoms with Crippen LogP contribution in [-0.2, 0) is 14.8 Å². The van der Waals surface area contributed by atoms with E-state index in [2.05, 4.69) is 34.5 Å². The van der Waals surface area contributed by atoms with Crippen LogP contribution >= 0.6 is 15.9 Å². The van der Waals surface area contributed by atoms with Gasteiger partial charge in [0.2, 0.25) is 10.0 Å². The fourth-order valence-corrected chi connectivity index (χ4v) is 3.18. The van der Waals surface area contributed by atoms with Crippen LogP contribution in [0.1, 0.15) is 34.1 Å². The molecule has 0 spiro atoms. The number of hydrogen-bond acceptors (Lipinski definition) is 3. The Labute approximate surface area is 114 Å².